The molecule has 2 N–H and O–H groups in total. The van der Waals surface area contributed by atoms with Crippen molar-refractivity contribution in [2.75, 3.05) is 0 Å². The smallest absolute Gasteiger partial charge is 0.329 e. The second-order valence-corrected chi connectivity index (χ2v) is 7.48. The topological polar surface area (TPSA) is 100 Å². The first-order valence-corrected chi connectivity index (χ1v) is 7.96. The predicted molar refractivity (Wildman–Crippen MR) is 90.0 cm³/mol. The van der Waals surface area contributed by atoms with Gasteiger partial charge in [0.15, 0.2) is 5.78 Å². The standard InChI is InChI=1S/C16H15N3O4S/c1-16(2)5-8(20)12-9(6-16)23-15(24)13-11(12)7-3-4-10(19(21)22)18(7)14(13)17/h3-4,11H,5-6,17H2,1-2H3. The Morgan fingerprint density at radius 2 is 2.08 bits per heavy atom. The summed E-state index contributed by atoms with van der Waals surface area (Å²) in [5, 5.41) is 11.4. The van der Waals surface area contributed by atoms with E-state index < -0.39 is 10.8 Å². The van der Waals surface area contributed by atoms with Crippen LogP contribution in [-0.2, 0) is 9.53 Å². The molecule has 2 aliphatic heterocycles. The molecular formula is C16H15N3O4S. The lowest BCUT2D eigenvalue weighted by Gasteiger charge is -2.36. The second kappa shape index (κ2) is 4.54. The van der Waals surface area contributed by atoms with Crippen LogP contribution in [-0.4, -0.2) is 20.3 Å². The van der Waals surface area contributed by atoms with Crippen molar-refractivity contribution in [2.24, 2.45) is 11.1 Å². The number of fused-ring (bicyclic) bond motifs is 4. The van der Waals surface area contributed by atoms with Crippen LogP contribution >= 0.6 is 12.2 Å². The van der Waals surface area contributed by atoms with E-state index in [9.17, 15) is 14.9 Å². The summed E-state index contributed by atoms with van der Waals surface area (Å²) in [5.41, 5.74) is 7.54. The number of ketones is 1. The lowest BCUT2D eigenvalue weighted by molar-refractivity contribution is -0.390. The van der Waals surface area contributed by atoms with Crippen molar-refractivity contribution in [3.05, 3.63) is 44.8 Å². The van der Waals surface area contributed by atoms with Crippen LogP contribution in [0.4, 0.5) is 5.82 Å². The van der Waals surface area contributed by atoms with E-state index in [2.05, 4.69) is 0 Å². The average Bonchev–Trinajstić information content (AvgIpc) is 2.98. The number of ether oxygens (including phenoxy) is 1. The molecular weight excluding hydrogens is 330 g/mol. The van der Waals surface area contributed by atoms with Gasteiger partial charge in [-0.3, -0.25) is 4.79 Å². The number of carbonyl (C=O) groups excluding carboxylic acids is 1. The first-order chi connectivity index (χ1) is 11.2. The van der Waals surface area contributed by atoms with E-state index in [0.717, 1.165) is 0 Å². The van der Waals surface area contributed by atoms with Gasteiger partial charge in [-0.15, -0.1) is 0 Å². The molecule has 0 fully saturated rings. The third-order valence-electron chi connectivity index (χ3n) is 4.78. The number of carbonyl (C=O) groups is 1. The molecule has 0 saturated heterocycles. The fraction of sp³-hybridized carbons (Fsp3) is 0.375. The highest BCUT2D eigenvalue weighted by molar-refractivity contribution is 7.80. The second-order valence-electron chi connectivity index (χ2n) is 7.11. The Labute approximate surface area is 142 Å². The maximum atomic E-state index is 12.8. The number of nitro groups is 1. The minimum atomic E-state index is -0.501. The van der Waals surface area contributed by atoms with Crippen LogP contribution in [0, 0.1) is 15.5 Å². The van der Waals surface area contributed by atoms with Crippen LogP contribution in [0.2, 0.25) is 0 Å². The van der Waals surface area contributed by atoms with Crippen molar-refractivity contribution in [3.63, 3.8) is 0 Å². The molecule has 0 spiro atoms. The van der Waals surface area contributed by atoms with Crippen LogP contribution in [0.1, 0.15) is 38.3 Å². The zero-order valence-corrected chi connectivity index (χ0v) is 14.0. The van der Waals surface area contributed by atoms with Crippen molar-refractivity contribution in [2.45, 2.75) is 32.6 Å². The van der Waals surface area contributed by atoms with E-state index in [1.54, 1.807) is 6.07 Å². The van der Waals surface area contributed by atoms with Crippen LogP contribution < -0.4 is 5.73 Å². The largest absolute Gasteiger partial charge is 0.449 e. The molecule has 1 unspecified atom stereocenters. The van der Waals surface area contributed by atoms with Gasteiger partial charge >= 0.3 is 5.82 Å². The quantitative estimate of drug-likeness (QED) is 0.477. The highest BCUT2D eigenvalue weighted by Gasteiger charge is 2.51. The van der Waals surface area contributed by atoms with E-state index >= 15 is 0 Å². The Morgan fingerprint density at radius 3 is 2.75 bits per heavy atom. The molecule has 0 bridgehead atoms. The van der Waals surface area contributed by atoms with Crippen molar-refractivity contribution in [1.82, 2.24) is 4.57 Å². The summed E-state index contributed by atoms with van der Waals surface area (Å²) < 4.78 is 7.11. The van der Waals surface area contributed by atoms with Gasteiger partial charge in [0, 0.05) is 24.5 Å². The molecule has 24 heavy (non-hydrogen) atoms. The Bertz CT molecular complexity index is 906. The highest BCUT2D eigenvalue weighted by Crippen LogP contribution is 2.52. The number of nitrogens with zero attached hydrogens (tertiary/aromatic N) is 2. The SMILES string of the molecule is CC1(C)CC(=O)C2=C(C1)OC(=S)C1=C(N)n3c(ccc3[N+](=O)[O-])C21. The van der Waals surface area contributed by atoms with Crippen LogP contribution in [0.5, 0.6) is 0 Å². The average molecular weight is 345 g/mol. The molecule has 4 rings (SSSR count). The highest BCUT2D eigenvalue weighted by atomic mass is 32.1. The molecule has 3 heterocycles. The maximum absolute atomic E-state index is 12.8. The molecule has 0 aromatic carbocycles. The maximum Gasteiger partial charge on any atom is 0.329 e. The number of allylic oxidation sites excluding steroid dienone is 2. The first kappa shape index (κ1) is 15.1. The van der Waals surface area contributed by atoms with Crippen LogP contribution in [0.25, 0.3) is 5.82 Å². The third-order valence-corrected chi connectivity index (χ3v) is 5.09. The number of Topliss-reactive ketones (excluding diaryl/α,β-unsaturated/α-hetero) is 1. The summed E-state index contributed by atoms with van der Waals surface area (Å²) in [6.07, 6.45) is 0.995. The zero-order valence-electron chi connectivity index (χ0n) is 13.2. The van der Waals surface area contributed by atoms with Crippen molar-refractivity contribution in [1.29, 1.82) is 0 Å². The Balaban J connectivity index is 1.96. The molecule has 0 amide bonds. The van der Waals surface area contributed by atoms with Crippen molar-refractivity contribution in [3.8, 4) is 0 Å². The molecule has 0 radical (unpaired) electrons. The summed E-state index contributed by atoms with van der Waals surface area (Å²) in [6.45, 7) is 4.01. The van der Waals surface area contributed by atoms with E-state index in [0.29, 0.717) is 35.4 Å². The van der Waals surface area contributed by atoms with E-state index in [-0.39, 0.29) is 27.9 Å². The molecule has 124 valence electrons. The van der Waals surface area contributed by atoms with Gasteiger partial charge in [0.25, 0.3) is 0 Å². The fourth-order valence-corrected chi connectivity index (χ4v) is 4.18. The molecule has 8 heteroatoms. The molecule has 1 aromatic rings. The molecule has 3 aliphatic rings. The van der Waals surface area contributed by atoms with Crippen molar-refractivity contribution < 1.29 is 14.5 Å². The Kier molecular flexibility index (Phi) is 2.85. The number of hydrogen-bond acceptors (Lipinski definition) is 6. The van der Waals surface area contributed by atoms with Gasteiger partial charge in [-0.1, -0.05) is 13.8 Å². The van der Waals surface area contributed by atoms with Crippen molar-refractivity contribution >= 4 is 34.7 Å². The lowest BCUT2D eigenvalue weighted by atomic mass is 9.71. The molecule has 7 nitrogen and oxygen atoms in total. The molecule has 1 aromatic heterocycles. The number of aromatic nitrogens is 1. The summed E-state index contributed by atoms with van der Waals surface area (Å²) in [5.74, 6) is 0.105. The Hall–Kier alpha value is -2.48. The predicted octanol–water partition coefficient (Wildman–Crippen LogP) is 2.62. The normalized spacial score (nSPS) is 24.5. The Morgan fingerprint density at radius 1 is 1.38 bits per heavy atom. The third kappa shape index (κ3) is 1.83. The van der Waals surface area contributed by atoms with Gasteiger partial charge in [-0.2, -0.15) is 4.57 Å². The summed E-state index contributed by atoms with van der Waals surface area (Å²) in [6, 6.07) is 3.03. The lowest BCUT2D eigenvalue weighted by Crippen LogP contribution is -2.34. The first-order valence-electron chi connectivity index (χ1n) is 7.56. The monoisotopic (exact) mass is 345 g/mol. The van der Waals surface area contributed by atoms with E-state index in [1.807, 2.05) is 13.8 Å². The van der Waals surface area contributed by atoms with Crippen LogP contribution in [0.15, 0.2) is 29.0 Å². The summed E-state index contributed by atoms with van der Waals surface area (Å²) >= 11 is 5.34. The zero-order chi connectivity index (χ0) is 17.4. The number of hydrogen-bond donors (Lipinski definition) is 1. The number of thiocarbonyl (C=S) groups is 1. The van der Waals surface area contributed by atoms with Gasteiger partial charge in [0.1, 0.15) is 11.5 Å². The van der Waals surface area contributed by atoms with Gasteiger partial charge < -0.3 is 20.6 Å². The fourth-order valence-electron chi connectivity index (χ4n) is 3.86. The summed E-state index contributed by atoms with van der Waals surface area (Å²) in [4.78, 5) is 23.5. The van der Waals surface area contributed by atoms with Gasteiger partial charge in [-0.05, 0) is 28.6 Å². The summed E-state index contributed by atoms with van der Waals surface area (Å²) in [7, 11) is 0. The molecule has 1 atom stereocenters. The van der Waals surface area contributed by atoms with Gasteiger partial charge in [0.2, 0.25) is 10.9 Å². The van der Waals surface area contributed by atoms with E-state index in [1.165, 1.54) is 10.6 Å². The van der Waals surface area contributed by atoms with Crippen LogP contribution in [0.3, 0.4) is 0 Å². The van der Waals surface area contributed by atoms with E-state index in [4.69, 9.17) is 22.7 Å². The molecule has 0 saturated carbocycles. The number of nitrogens with two attached hydrogens (primary N) is 1. The van der Waals surface area contributed by atoms with Gasteiger partial charge in [-0.25, -0.2) is 0 Å². The van der Waals surface area contributed by atoms with Gasteiger partial charge in [0.05, 0.1) is 11.5 Å². The minimum absolute atomic E-state index is 0.0173. The molecule has 1 aliphatic carbocycles. The minimum Gasteiger partial charge on any atom is -0.449 e. The number of rotatable bonds is 1.